The number of anilines is 1. The molecule has 0 unspecified atom stereocenters. The van der Waals surface area contributed by atoms with E-state index in [9.17, 15) is 8.42 Å². The molecule has 1 heterocycles. The third-order valence-corrected chi connectivity index (χ3v) is 6.51. The van der Waals surface area contributed by atoms with Crippen LogP contribution in [0.4, 0.5) is 5.13 Å². The lowest BCUT2D eigenvalue weighted by Crippen LogP contribution is -2.31. The molecule has 0 atom stereocenters. The Morgan fingerprint density at radius 2 is 1.78 bits per heavy atom. The van der Waals surface area contributed by atoms with E-state index in [0.717, 1.165) is 22.2 Å². The second-order valence-electron chi connectivity index (χ2n) is 5.35. The molecule has 3 rings (SSSR count). The topological polar surface area (TPSA) is 50.3 Å². The van der Waals surface area contributed by atoms with Gasteiger partial charge in [0.2, 0.25) is 5.13 Å². The Kier molecular flexibility index (Phi) is 4.37. The molecule has 0 aliphatic carbocycles. The predicted octanol–water partition coefficient (Wildman–Crippen LogP) is 4.21. The van der Waals surface area contributed by atoms with Gasteiger partial charge in [0.25, 0.3) is 10.0 Å². The van der Waals surface area contributed by atoms with Gasteiger partial charge in [-0.3, -0.25) is 0 Å². The molecule has 0 aliphatic heterocycles. The van der Waals surface area contributed by atoms with Crippen molar-refractivity contribution in [2.24, 2.45) is 0 Å². The van der Waals surface area contributed by atoms with Crippen molar-refractivity contribution in [1.82, 2.24) is 4.98 Å². The first-order chi connectivity index (χ1) is 11.0. The largest absolute Gasteiger partial charge is 0.266 e. The van der Waals surface area contributed by atoms with Crippen LogP contribution >= 0.6 is 11.3 Å². The van der Waals surface area contributed by atoms with Gasteiger partial charge in [-0.25, -0.2) is 17.7 Å². The zero-order chi connectivity index (χ0) is 16.4. The van der Waals surface area contributed by atoms with Gasteiger partial charge in [-0.2, -0.15) is 0 Å². The number of benzene rings is 2. The number of para-hydroxylation sites is 1. The summed E-state index contributed by atoms with van der Waals surface area (Å²) in [5, 5.41) is 0.522. The molecular formula is C17H18N2O2S2. The van der Waals surface area contributed by atoms with Crippen molar-refractivity contribution in [3.63, 3.8) is 0 Å². The molecule has 6 heteroatoms. The average Bonchev–Trinajstić information content (AvgIpc) is 2.96. The predicted molar refractivity (Wildman–Crippen MR) is 95.6 cm³/mol. The van der Waals surface area contributed by atoms with E-state index in [0.29, 0.717) is 16.6 Å². The van der Waals surface area contributed by atoms with E-state index < -0.39 is 10.0 Å². The van der Waals surface area contributed by atoms with Crippen molar-refractivity contribution < 1.29 is 8.42 Å². The summed E-state index contributed by atoms with van der Waals surface area (Å²) in [6.07, 6.45) is 0.723. The van der Waals surface area contributed by atoms with Crippen LogP contribution in [0.15, 0.2) is 53.4 Å². The third-order valence-electron chi connectivity index (χ3n) is 3.53. The molecule has 0 saturated heterocycles. The van der Waals surface area contributed by atoms with Crippen LogP contribution in [0.25, 0.3) is 10.2 Å². The molecule has 0 fully saturated rings. The van der Waals surface area contributed by atoms with E-state index in [-0.39, 0.29) is 0 Å². The van der Waals surface area contributed by atoms with Crippen LogP contribution in [-0.2, 0) is 10.0 Å². The summed E-state index contributed by atoms with van der Waals surface area (Å²) in [7, 11) is -3.60. The van der Waals surface area contributed by atoms with E-state index in [4.69, 9.17) is 0 Å². The molecule has 23 heavy (non-hydrogen) atoms. The maximum Gasteiger partial charge on any atom is 0.266 e. The quantitative estimate of drug-likeness (QED) is 0.695. The molecule has 0 radical (unpaired) electrons. The van der Waals surface area contributed by atoms with E-state index in [2.05, 4.69) is 4.98 Å². The number of hydrogen-bond donors (Lipinski definition) is 0. The molecule has 120 valence electrons. The number of hydrogen-bond acceptors (Lipinski definition) is 4. The Hall–Kier alpha value is -1.92. The van der Waals surface area contributed by atoms with Gasteiger partial charge < -0.3 is 0 Å². The Bertz CT molecular complexity index is 882. The lowest BCUT2D eigenvalue weighted by atomic mass is 10.2. The van der Waals surface area contributed by atoms with Crippen LogP contribution in [0.3, 0.4) is 0 Å². The minimum Gasteiger partial charge on any atom is -0.241 e. The fourth-order valence-electron chi connectivity index (χ4n) is 2.33. The normalized spacial score (nSPS) is 11.7. The van der Waals surface area contributed by atoms with Gasteiger partial charge in [0.05, 0.1) is 15.1 Å². The van der Waals surface area contributed by atoms with Crippen LogP contribution in [0.1, 0.15) is 18.9 Å². The highest BCUT2D eigenvalue weighted by Gasteiger charge is 2.26. The van der Waals surface area contributed by atoms with Gasteiger partial charge in [0, 0.05) is 6.54 Å². The van der Waals surface area contributed by atoms with Crippen molar-refractivity contribution in [1.29, 1.82) is 0 Å². The van der Waals surface area contributed by atoms with Crippen LogP contribution in [0.2, 0.25) is 0 Å². The van der Waals surface area contributed by atoms with E-state index in [1.807, 2.05) is 50.2 Å². The van der Waals surface area contributed by atoms with Gasteiger partial charge in [0.1, 0.15) is 0 Å². The second kappa shape index (κ2) is 6.29. The lowest BCUT2D eigenvalue weighted by Gasteiger charge is -2.21. The fourth-order valence-corrected chi connectivity index (χ4v) is 5.03. The zero-order valence-corrected chi connectivity index (χ0v) is 14.7. The smallest absolute Gasteiger partial charge is 0.241 e. The third kappa shape index (κ3) is 3.09. The number of nitrogens with zero attached hydrogens (tertiary/aromatic N) is 2. The molecule has 4 nitrogen and oxygen atoms in total. The van der Waals surface area contributed by atoms with Gasteiger partial charge in [-0.1, -0.05) is 48.1 Å². The van der Waals surface area contributed by atoms with Crippen molar-refractivity contribution in [3.05, 3.63) is 54.1 Å². The molecule has 0 N–H and O–H groups in total. The molecule has 0 saturated carbocycles. The summed E-state index contributed by atoms with van der Waals surface area (Å²) in [5.41, 5.74) is 1.86. The monoisotopic (exact) mass is 346 g/mol. The number of fused-ring (bicyclic) bond motifs is 1. The molecule has 0 aliphatic rings. The second-order valence-corrected chi connectivity index (χ2v) is 8.23. The first-order valence-electron chi connectivity index (χ1n) is 7.47. The highest BCUT2D eigenvalue weighted by Crippen LogP contribution is 2.32. The Labute approximate surface area is 140 Å². The molecule has 3 aromatic rings. The number of rotatable bonds is 5. The zero-order valence-electron chi connectivity index (χ0n) is 13.1. The summed E-state index contributed by atoms with van der Waals surface area (Å²) >= 11 is 1.41. The van der Waals surface area contributed by atoms with Crippen LogP contribution in [0.5, 0.6) is 0 Å². The van der Waals surface area contributed by atoms with Gasteiger partial charge in [-0.05, 0) is 37.6 Å². The molecule has 0 spiro atoms. The molecule has 1 aromatic heterocycles. The highest BCUT2D eigenvalue weighted by atomic mass is 32.2. The van der Waals surface area contributed by atoms with Crippen molar-refractivity contribution >= 4 is 36.7 Å². The Morgan fingerprint density at radius 3 is 2.43 bits per heavy atom. The standard InChI is InChI=1S/C17H18N2O2S2/c1-3-12-19(17-18-15-6-4-5-7-16(15)22-17)23(20,21)14-10-8-13(2)9-11-14/h4-11H,3,12H2,1-2H3. The van der Waals surface area contributed by atoms with Crippen LogP contribution < -0.4 is 4.31 Å². The van der Waals surface area contributed by atoms with Crippen molar-refractivity contribution in [2.75, 3.05) is 10.8 Å². The average molecular weight is 346 g/mol. The summed E-state index contributed by atoms with van der Waals surface area (Å²) in [5.74, 6) is 0. The lowest BCUT2D eigenvalue weighted by molar-refractivity contribution is 0.590. The van der Waals surface area contributed by atoms with Gasteiger partial charge in [0.15, 0.2) is 0 Å². The van der Waals surface area contributed by atoms with E-state index >= 15 is 0 Å². The first-order valence-corrected chi connectivity index (χ1v) is 9.73. The van der Waals surface area contributed by atoms with E-state index in [1.54, 1.807) is 12.1 Å². The first kappa shape index (κ1) is 16.0. The van der Waals surface area contributed by atoms with Crippen LogP contribution in [-0.4, -0.2) is 19.9 Å². The number of sulfonamides is 1. The molecule has 0 amide bonds. The number of aryl methyl sites for hydroxylation is 1. The highest BCUT2D eigenvalue weighted by molar-refractivity contribution is 7.93. The SMILES string of the molecule is CCCN(c1nc2ccccc2s1)S(=O)(=O)c1ccc(C)cc1. The molecular weight excluding hydrogens is 328 g/mol. The minimum atomic E-state index is -3.60. The van der Waals surface area contributed by atoms with Crippen molar-refractivity contribution in [2.45, 2.75) is 25.2 Å². The van der Waals surface area contributed by atoms with Crippen molar-refractivity contribution in [3.8, 4) is 0 Å². The summed E-state index contributed by atoms with van der Waals surface area (Å²) in [6, 6.07) is 14.6. The molecule has 0 bridgehead atoms. The number of aromatic nitrogens is 1. The van der Waals surface area contributed by atoms with Crippen LogP contribution in [0, 0.1) is 6.92 Å². The van der Waals surface area contributed by atoms with E-state index in [1.165, 1.54) is 15.6 Å². The maximum absolute atomic E-state index is 13.0. The Balaban J connectivity index is 2.08. The van der Waals surface area contributed by atoms with Gasteiger partial charge in [-0.15, -0.1) is 0 Å². The summed E-state index contributed by atoms with van der Waals surface area (Å²) < 4.78 is 28.4. The van der Waals surface area contributed by atoms with Gasteiger partial charge >= 0.3 is 0 Å². The summed E-state index contributed by atoms with van der Waals surface area (Å²) in [4.78, 5) is 4.81. The minimum absolute atomic E-state index is 0.302. The molecule has 2 aromatic carbocycles. The fraction of sp³-hybridized carbons (Fsp3) is 0.235. The Morgan fingerprint density at radius 1 is 1.09 bits per heavy atom. The summed E-state index contributed by atoms with van der Waals surface area (Å²) in [6.45, 7) is 4.31. The number of thiazole rings is 1. The maximum atomic E-state index is 13.0.